The predicted octanol–water partition coefficient (Wildman–Crippen LogP) is 2.57. The highest BCUT2D eigenvalue weighted by Gasteiger charge is 2.13. The van der Waals surface area contributed by atoms with E-state index in [9.17, 15) is 4.79 Å². The van der Waals surface area contributed by atoms with Gasteiger partial charge in [0.2, 0.25) is 0 Å². The van der Waals surface area contributed by atoms with Gasteiger partial charge in [0.15, 0.2) is 5.82 Å². The minimum atomic E-state index is -0.229. The molecule has 0 atom stereocenters. The van der Waals surface area contributed by atoms with Gasteiger partial charge in [-0.2, -0.15) is 4.98 Å². The van der Waals surface area contributed by atoms with E-state index in [1.807, 2.05) is 20.2 Å². The number of nitrogens with zero attached hydrogens (tertiary/aromatic N) is 3. The second-order valence-electron chi connectivity index (χ2n) is 4.45. The van der Waals surface area contributed by atoms with Gasteiger partial charge in [0.1, 0.15) is 5.69 Å². The zero-order valence-corrected chi connectivity index (χ0v) is 13.5. The van der Waals surface area contributed by atoms with Crippen LogP contribution < -0.4 is 15.0 Å². The third-order valence-electron chi connectivity index (χ3n) is 2.69. The Morgan fingerprint density at radius 1 is 1.38 bits per heavy atom. The minimum Gasteiger partial charge on any atom is -0.467 e. The summed E-state index contributed by atoms with van der Waals surface area (Å²) in [5, 5.41) is 2.80. The maximum Gasteiger partial charge on any atom is 0.318 e. The number of methoxy groups -OCH3 is 1. The van der Waals surface area contributed by atoms with Crippen molar-refractivity contribution in [2.45, 2.75) is 0 Å². The lowest BCUT2D eigenvalue weighted by molar-refractivity contribution is 0.102. The summed E-state index contributed by atoms with van der Waals surface area (Å²) >= 11 is 3.34. The maximum absolute atomic E-state index is 12.3. The molecular formula is C14H15BrN4O2. The molecule has 2 rings (SSSR count). The summed E-state index contributed by atoms with van der Waals surface area (Å²) in [6.07, 6.45) is 1.52. The number of aromatic nitrogens is 2. The topological polar surface area (TPSA) is 67.3 Å². The summed E-state index contributed by atoms with van der Waals surface area (Å²) in [7, 11) is 5.15. The molecule has 1 aromatic carbocycles. The highest BCUT2D eigenvalue weighted by Crippen LogP contribution is 2.23. The number of benzene rings is 1. The molecule has 7 heteroatoms. The molecule has 0 aliphatic rings. The van der Waals surface area contributed by atoms with Crippen LogP contribution in [0.3, 0.4) is 0 Å². The standard InChI is InChI=1S/C14H15BrN4O2/c1-19(2)12-11(8-16-14(18-12)21-3)17-13(20)9-5-4-6-10(15)7-9/h4-8H,1-3H3,(H,17,20). The van der Waals surface area contributed by atoms with Crippen molar-refractivity contribution < 1.29 is 9.53 Å². The Kier molecular flexibility index (Phi) is 4.74. The summed E-state index contributed by atoms with van der Waals surface area (Å²) in [6.45, 7) is 0. The van der Waals surface area contributed by atoms with Crippen LogP contribution in [-0.2, 0) is 0 Å². The first-order valence-corrected chi connectivity index (χ1v) is 6.96. The molecule has 1 heterocycles. The van der Waals surface area contributed by atoms with Crippen molar-refractivity contribution in [3.05, 3.63) is 40.5 Å². The third kappa shape index (κ3) is 3.69. The number of nitrogens with one attached hydrogen (secondary N) is 1. The number of anilines is 2. The van der Waals surface area contributed by atoms with Crippen LogP contribution in [-0.4, -0.2) is 37.1 Å². The quantitative estimate of drug-likeness (QED) is 0.917. The number of hydrogen-bond donors (Lipinski definition) is 1. The van der Waals surface area contributed by atoms with E-state index < -0.39 is 0 Å². The highest BCUT2D eigenvalue weighted by molar-refractivity contribution is 9.10. The lowest BCUT2D eigenvalue weighted by Gasteiger charge is -2.16. The summed E-state index contributed by atoms with van der Waals surface area (Å²) in [5.41, 5.74) is 1.07. The van der Waals surface area contributed by atoms with Gasteiger partial charge in [0.25, 0.3) is 5.91 Å². The van der Waals surface area contributed by atoms with E-state index >= 15 is 0 Å². The molecule has 0 aliphatic carbocycles. The lowest BCUT2D eigenvalue weighted by Crippen LogP contribution is -2.18. The molecule has 21 heavy (non-hydrogen) atoms. The monoisotopic (exact) mass is 350 g/mol. The van der Waals surface area contributed by atoms with E-state index in [-0.39, 0.29) is 11.9 Å². The fourth-order valence-electron chi connectivity index (χ4n) is 1.71. The number of carbonyl (C=O) groups excluding carboxylic acids is 1. The molecule has 0 saturated carbocycles. The van der Waals surface area contributed by atoms with Crippen molar-refractivity contribution in [1.29, 1.82) is 0 Å². The van der Waals surface area contributed by atoms with E-state index in [0.29, 0.717) is 17.1 Å². The zero-order chi connectivity index (χ0) is 15.4. The van der Waals surface area contributed by atoms with Crippen molar-refractivity contribution in [3.8, 4) is 6.01 Å². The Morgan fingerprint density at radius 2 is 2.14 bits per heavy atom. The minimum absolute atomic E-state index is 0.229. The van der Waals surface area contributed by atoms with Gasteiger partial charge in [-0.05, 0) is 18.2 Å². The normalized spacial score (nSPS) is 10.1. The highest BCUT2D eigenvalue weighted by atomic mass is 79.9. The number of ether oxygens (including phenoxy) is 1. The molecule has 0 bridgehead atoms. The second kappa shape index (κ2) is 6.53. The predicted molar refractivity (Wildman–Crippen MR) is 85.0 cm³/mol. The van der Waals surface area contributed by atoms with E-state index in [4.69, 9.17) is 4.74 Å². The first-order valence-electron chi connectivity index (χ1n) is 6.16. The molecule has 0 unspecified atom stereocenters. The molecule has 1 N–H and O–H groups in total. The first kappa shape index (κ1) is 15.2. The van der Waals surface area contributed by atoms with Crippen molar-refractivity contribution in [3.63, 3.8) is 0 Å². The first-order chi connectivity index (χ1) is 10.0. The Morgan fingerprint density at radius 3 is 2.76 bits per heavy atom. The fraction of sp³-hybridized carbons (Fsp3) is 0.214. The zero-order valence-electron chi connectivity index (χ0n) is 11.9. The van der Waals surface area contributed by atoms with Crippen LogP contribution in [0.2, 0.25) is 0 Å². The molecule has 110 valence electrons. The number of halogens is 1. The maximum atomic E-state index is 12.3. The summed E-state index contributed by atoms with van der Waals surface area (Å²) in [6, 6.07) is 7.39. The molecule has 0 aliphatic heterocycles. The average Bonchev–Trinajstić information content (AvgIpc) is 2.47. The van der Waals surface area contributed by atoms with Gasteiger partial charge in [-0.1, -0.05) is 22.0 Å². The van der Waals surface area contributed by atoms with Crippen LogP contribution >= 0.6 is 15.9 Å². The van der Waals surface area contributed by atoms with Gasteiger partial charge >= 0.3 is 6.01 Å². The fourth-order valence-corrected chi connectivity index (χ4v) is 2.11. The Balaban J connectivity index is 2.28. The summed E-state index contributed by atoms with van der Waals surface area (Å²) < 4.78 is 5.84. The molecule has 2 aromatic rings. The Labute approximate surface area is 131 Å². The number of carbonyl (C=O) groups is 1. The van der Waals surface area contributed by atoms with Crippen LogP contribution in [0.25, 0.3) is 0 Å². The van der Waals surface area contributed by atoms with E-state index in [1.165, 1.54) is 13.3 Å². The van der Waals surface area contributed by atoms with Crippen LogP contribution in [0.1, 0.15) is 10.4 Å². The Bertz CT molecular complexity index is 661. The lowest BCUT2D eigenvalue weighted by atomic mass is 10.2. The van der Waals surface area contributed by atoms with Crippen LogP contribution in [0.4, 0.5) is 11.5 Å². The summed E-state index contributed by atoms with van der Waals surface area (Å²) in [5.74, 6) is 0.346. The van der Waals surface area contributed by atoms with Gasteiger partial charge in [0.05, 0.1) is 13.3 Å². The van der Waals surface area contributed by atoms with Gasteiger partial charge in [-0.3, -0.25) is 4.79 Å². The largest absolute Gasteiger partial charge is 0.467 e. The van der Waals surface area contributed by atoms with Gasteiger partial charge in [-0.15, -0.1) is 0 Å². The molecule has 1 amide bonds. The number of hydrogen-bond acceptors (Lipinski definition) is 5. The average molecular weight is 351 g/mol. The molecule has 0 fully saturated rings. The SMILES string of the molecule is COc1ncc(NC(=O)c2cccc(Br)c2)c(N(C)C)n1. The number of amides is 1. The molecule has 0 radical (unpaired) electrons. The second-order valence-corrected chi connectivity index (χ2v) is 5.37. The van der Waals surface area contributed by atoms with Crippen LogP contribution in [0.5, 0.6) is 6.01 Å². The van der Waals surface area contributed by atoms with E-state index in [1.54, 1.807) is 23.1 Å². The van der Waals surface area contributed by atoms with Gasteiger partial charge < -0.3 is 15.0 Å². The van der Waals surface area contributed by atoms with E-state index in [2.05, 4.69) is 31.2 Å². The van der Waals surface area contributed by atoms with Gasteiger partial charge in [-0.25, -0.2) is 4.98 Å². The molecule has 6 nitrogen and oxygen atoms in total. The van der Waals surface area contributed by atoms with Gasteiger partial charge in [0, 0.05) is 24.1 Å². The number of rotatable bonds is 4. The van der Waals surface area contributed by atoms with Crippen LogP contribution in [0.15, 0.2) is 34.9 Å². The molecule has 0 spiro atoms. The molecular weight excluding hydrogens is 336 g/mol. The molecule has 1 aromatic heterocycles. The van der Waals surface area contributed by atoms with Crippen molar-refractivity contribution in [1.82, 2.24) is 9.97 Å². The molecule has 0 saturated heterocycles. The van der Waals surface area contributed by atoms with Crippen molar-refractivity contribution in [2.24, 2.45) is 0 Å². The smallest absolute Gasteiger partial charge is 0.318 e. The van der Waals surface area contributed by atoms with Crippen LogP contribution in [0, 0.1) is 0 Å². The van der Waals surface area contributed by atoms with Crippen molar-refractivity contribution in [2.75, 3.05) is 31.4 Å². The van der Waals surface area contributed by atoms with Crippen molar-refractivity contribution >= 4 is 33.3 Å². The van der Waals surface area contributed by atoms with E-state index in [0.717, 1.165) is 4.47 Å². The third-order valence-corrected chi connectivity index (χ3v) is 3.18. The summed E-state index contributed by atoms with van der Waals surface area (Å²) in [4.78, 5) is 22.3. The Hall–Kier alpha value is -2.15.